The predicted molar refractivity (Wildman–Crippen MR) is 92.1 cm³/mol. The molecule has 0 aromatic heterocycles. The monoisotopic (exact) mass is 409 g/mol. The average Bonchev–Trinajstić information content (AvgIpc) is 2.60. The summed E-state index contributed by atoms with van der Waals surface area (Å²) < 4.78 is 11.0. The molecule has 2 aromatic rings. The number of quaternary nitrogens is 1. The van der Waals surface area contributed by atoms with Gasteiger partial charge in [0.25, 0.3) is 0 Å². The summed E-state index contributed by atoms with van der Waals surface area (Å²) in [5, 5.41) is 19.3. The molecule has 0 heterocycles. The quantitative estimate of drug-likeness (QED) is 0.413. The highest BCUT2D eigenvalue weighted by Crippen LogP contribution is 2.22. The van der Waals surface area contributed by atoms with E-state index in [2.05, 4.69) is 15.9 Å². The highest BCUT2D eigenvalue weighted by Gasteiger charge is 2.17. The first-order valence-corrected chi connectivity index (χ1v) is 8.17. The minimum absolute atomic E-state index is 0.119. The highest BCUT2D eigenvalue weighted by molar-refractivity contribution is 9.10. The van der Waals surface area contributed by atoms with Crippen LogP contribution in [0.25, 0.3) is 0 Å². The van der Waals surface area contributed by atoms with E-state index in [4.69, 9.17) is 9.47 Å². The van der Waals surface area contributed by atoms with Crippen LogP contribution in [-0.4, -0.2) is 30.2 Å². The lowest BCUT2D eigenvalue weighted by Gasteiger charge is -2.16. The summed E-state index contributed by atoms with van der Waals surface area (Å²) in [5.74, 6) is -0.959. The zero-order chi connectivity index (χ0) is 18.4. The third kappa shape index (κ3) is 5.10. The Balaban J connectivity index is 2.06. The summed E-state index contributed by atoms with van der Waals surface area (Å²) in [7, 11) is 0. The molecule has 0 saturated carbocycles. The molecule has 0 bridgehead atoms. The number of carbonyl (C=O) groups is 2. The molecule has 1 atom stereocenters. The van der Waals surface area contributed by atoms with Crippen LogP contribution < -0.4 is 9.96 Å². The molecule has 2 N–H and O–H groups in total. The molecule has 132 valence electrons. The van der Waals surface area contributed by atoms with Crippen molar-refractivity contribution in [2.24, 2.45) is 0 Å². The molecule has 0 saturated heterocycles. The topological polar surface area (TPSA) is 100 Å². The molecular formula is C17H16BrNO6. The number of carbonyl (C=O) groups excluding carboxylic acids is 2. The van der Waals surface area contributed by atoms with Gasteiger partial charge < -0.3 is 14.7 Å². The standard InChI is InChI=1S/C17H16BrNO6/c1-2-24-16-8-5-12(9-14(16)19(22)23)15(20)10-25-17(21)11-3-6-13(18)7-4-11/h3-9,19,22H,2,10H2,1H3. The van der Waals surface area contributed by atoms with Gasteiger partial charge in [-0.05, 0) is 43.3 Å². The maximum absolute atomic E-state index is 12.2. The second-order valence-corrected chi connectivity index (χ2v) is 5.87. The van der Waals surface area contributed by atoms with E-state index in [0.29, 0.717) is 12.2 Å². The Morgan fingerprint density at radius 3 is 2.40 bits per heavy atom. The average molecular weight is 410 g/mol. The molecule has 7 nitrogen and oxygen atoms in total. The summed E-state index contributed by atoms with van der Waals surface area (Å²) in [6, 6.07) is 10.6. The van der Waals surface area contributed by atoms with Crippen LogP contribution >= 0.6 is 15.9 Å². The molecule has 25 heavy (non-hydrogen) atoms. The van der Waals surface area contributed by atoms with Crippen molar-refractivity contribution < 1.29 is 29.5 Å². The first-order valence-electron chi connectivity index (χ1n) is 7.38. The van der Waals surface area contributed by atoms with Gasteiger partial charge in [-0.3, -0.25) is 4.79 Å². The highest BCUT2D eigenvalue weighted by atomic mass is 79.9. The van der Waals surface area contributed by atoms with Crippen molar-refractivity contribution in [1.29, 1.82) is 0 Å². The van der Waals surface area contributed by atoms with E-state index in [0.717, 1.165) is 4.47 Å². The minimum Gasteiger partial charge on any atom is -0.595 e. The van der Waals surface area contributed by atoms with Crippen molar-refractivity contribution in [3.05, 3.63) is 63.3 Å². The van der Waals surface area contributed by atoms with E-state index in [1.807, 2.05) is 0 Å². The lowest BCUT2D eigenvalue weighted by atomic mass is 10.1. The van der Waals surface area contributed by atoms with Crippen LogP contribution in [-0.2, 0) is 4.74 Å². The Kier molecular flexibility index (Phi) is 6.65. The molecule has 0 spiro atoms. The number of hydrogen-bond acceptors (Lipinski definition) is 6. The van der Waals surface area contributed by atoms with Crippen LogP contribution in [0.3, 0.4) is 0 Å². The first-order chi connectivity index (χ1) is 11.9. The lowest BCUT2D eigenvalue weighted by molar-refractivity contribution is -0.991. The lowest BCUT2D eigenvalue weighted by Crippen LogP contribution is -2.99. The maximum Gasteiger partial charge on any atom is 0.338 e. The number of ketones is 1. The molecule has 0 aliphatic rings. The van der Waals surface area contributed by atoms with Crippen molar-refractivity contribution in [2.45, 2.75) is 6.92 Å². The zero-order valence-corrected chi connectivity index (χ0v) is 14.9. The first kappa shape index (κ1) is 19.1. The van der Waals surface area contributed by atoms with Crippen molar-refractivity contribution in [3.63, 3.8) is 0 Å². The van der Waals surface area contributed by atoms with Gasteiger partial charge in [-0.2, -0.15) is 5.23 Å². The fourth-order valence-electron chi connectivity index (χ4n) is 2.04. The molecule has 2 aromatic carbocycles. The number of Topliss-reactive ketones (excluding diaryl/α,β-unsaturated/α-hetero) is 1. The predicted octanol–water partition coefficient (Wildman–Crippen LogP) is 2.29. The fraction of sp³-hybridized carbons (Fsp3) is 0.176. The van der Waals surface area contributed by atoms with Crippen LogP contribution in [0.1, 0.15) is 27.6 Å². The van der Waals surface area contributed by atoms with E-state index in [1.54, 1.807) is 31.2 Å². The molecule has 8 heteroatoms. The molecule has 0 fully saturated rings. The van der Waals surface area contributed by atoms with Gasteiger partial charge in [0.2, 0.25) is 11.5 Å². The van der Waals surface area contributed by atoms with E-state index in [9.17, 15) is 20.0 Å². The molecule has 1 unspecified atom stereocenters. The minimum atomic E-state index is -1.20. The van der Waals surface area contributed by atoms with E-state index in [-0.39, 0.29) is 17.0 Å². The van der Waals surface area contributed by atoms with Crippen LogP contribution in [0.15, 0.2) is 46.9 Å². The Morgan fingerprint density at radius 1 is 1.16 bits per heavy atom. The van der Waals surface area contributed by atoms with Gasteiger partial charge >= 0.3 is 5.97 Å². The Labute approximate surface area is 152 Å². The van der Waals surface area contributed by atoms with Crippen LogP contribution in [0.5, 0.6) is 5.75 Å². The second-order valence-electron chi connectivity index (χ2n) is 4.96. The summed E-state index contributed by atoms with van der Waals surface area (Å²) >= 11 is 3.26. The van der Waals surface area contributed by atoms with Crippen molar-refractivity contribution in [3.8, 4) is 5.75 Å². The molecule has 2 rings (SSSR count). The summed E-state index contributed by atoms with van der Waals surface area (Å²) in [6.45, 7) is 1.55. The van der Waals surface area contributed by atoms with Crippen molar-refractivity contribution in [1.82, 2.24) is 0 Å². The number of nitrogens with one attached hydrogen (secondary N) is 1. The molecular weight excluding hydrogens is 394 g/mol. The summed E-state index contributed by atoms with van der Waals surface area (Å²) in [4.78, 5) is 24.1. The van der Waals surface area contributed by atoms with Gasteiger partial charge in [0.15, 0.2) is 12.4 Å². The van der Waals surface area contributed by atoms with E-state index in [1.165, 1.54) is 18.2 Å². The van der Waals surface area contributed by atoms with Gasteiger partial charge in [-0.15, -0.1) is 0 Å². The zero-order valence-electron chi connectivity index (χ0n) is 13.3. The Morgan fingerprint density at radius 2 is 1.80 bits per heavy atom. The second kappa shape index (κ2) is 8.72. The van der Waals surface area contributed by atoms with Crippen LogP contribution in [0.2, 0.25) is 0 Å². The van der Waals surface area contributed by atoms with E-state index >= 15 is 0 Å². The smallest absolute Gasteiger partial charge is 0.338 e. The van der Waals surface area contributed by atoms with E-state index < -0.39 is 23.6 Å². The van der Waals surface area contributed by atoms with Crippen molar-refractivity contribution >= 4 is 33.4 Å². The van der Waals surface area contributed by atoms with Crippen LogP contribution in [0.4, 0.5) is 5.69 Å². The van der Waals surface area contributed by atoms with Gasteiger partial charge in [0.05, 0.1) is 12.2 Å². The third-order valence-electron chi connectivity index (χ3n) is 3.25. The Hall–Kier alpha value is -2.26. The van der Waals surface area contributed by atoms with Gasteiger partial charge in [-0.25, -0.2) is 10.0 Å². The molecule has 0 amide bonds. The maximum atomic E-state index is 12.2. The van der Waals surface area contributed by atoms with Gasteiger partial charge in [0, 0.05) is 16.1 Å². The number of benzene rings is 2. The molecule has 0 aliphatic heterocycles. The Bertz CT molecular complexity index is 760. The molecule has 0 aliphatic carbocycles. The fourth-order valence-corrected chi connectivity index (χ4v) is 2.30. The van der Waals surface area contributed by atoms with Crippen LogP contribution in [0, 0.1) is 5.21 Å². The van der Waals surface area contributed by atoms with Crippen molar-refractivity contribution in [2.75, 3.05) is 13.2 Å². The number of halogens is 1. The normalized spacial score (nSPS) is 11.7. The summed E-state index contributed by atoms with van der Waals surface area (Å²) in [5.41, 5.74) is 0.324. The number of hydrogen-bond donors (Lipinski definition) is 2. The SMILES string of the molecule is CCOc1ccc(C(=O)COC(=O)c2ccc(Br)cc2)cc1[NH+]([O-])O. The third-order valence-corrected chi connectivity index (χ3v) is 3.77. The summed E-state index contributed by atoms with van der Waals surface area (Å²) in [6.07, 6.45) is 0. The van der Waals surface area contributed by atoms with Gasteiger partial charge in [-0.1, -0.05) is 15.9 Å². The largest absolute Gasteiger partial charge is 0.595 e. The number of rotatable bonds is 7. The van der Waals surface area contributed by atoms with Gasteiger partial charge in [0.1, 0.15) is 0 Å². The number of ether oxygens (including phenoxy) is 2. The molecule has 0 radical (unpaired) electrons. The number of esters is 1.